The van der Waals surface area contributed by atoms with Gasteiger partial charge in [-0.25, -0.2) is 0 Å². The Hall–Kier alpha value is -0.770. The van der Waals surface area contributed by atoms with Crippen LogP contribution in [0.4, 0.5) is 5.69 Å². The molecule has 4 heteroatoms. The lowest BCUT2D eigenvalue weighted by molar-refractivity contribution is 0.204. The maximum atomic E-state index is 6.39. The van der Waals surface area contributed by atoms with E-state index in [1.807, 2.05) is 19.1 Å². The molecule has 108 valence electrons. The van der Waals surface area contributed by atoms with Crippen molar-refractivity contribution in [1.29, 1.82) is 0 Å². The van der Waals surface area contributed by atoms with Gasteiger partial charge >= 0.3 is 0 Å². The molecule has 0 aliphatic heterocycles. The number of halogens is 1. The Balaban J connectivity index is 2.94. The quantitative estimate of drug-likeness (QED) is 0.833. The topological polar surface area (TPSA) is 38.5 Å². The highest BCUT2D eigenvalue weighted by Gasteiger charge is 2.13. The number of rotatable bonds is 7. The molecule has 1 rings (SSSR count). The Morgan fingerprint density at radius 3 is 2.47 bits per heavy atom. The van der Waals surface area contributed by atoms with Crippen LogP contribution < -0.4 is 10.6 Å². The molecule has 0 radical (unpaired) electrons. The number of benzene rings is 1. The van der Waals surface area contributed by atoms with Gasteiger partial charge in [-0.05, 0) is 30.5 Å². The van der Waals surface area contributed by atoms with E-state index in [-0.39, 0.29) is 6.04 Å². The highest BCUT2D eigenvalue weighted by Crippen LogP contribution is 2.29. The van der Waals surface area contributed by atoms with Gasteiger partial charge in [-0.3, -0.25) is 0 Å². The van der Waals surface area contributed by atoms with Crippen LogP contribution in [0.1, 0.15) is 32.4 Å². The molecular formula is C15H25ClN2O. The monoisotopic (exact) mass is 284 g/mol. The normalized spacial score (nSPS) is 12.8. The third-order valence-corrected chi connectivity index (χ3v) is 3.29. The van der Waals surface area contributed by atoms with E-state index in [2.05, 4.69) is 24.8 Å². The standard InChI is InChI=1S/C15H25ClN2O/c1-11(2)10-18(7-8-19-4)15-6-5-13(12(3)17)9-14(15)16/h5-6,9,11-12H,7-8,10,17H2,1-4H3/t12-/m1/s1. The van der Waals surface area contributed by atoms with Crippen molar-refractivity contribution in [3.05, 3.63) is 28.8 Å². The van der Waals surface area contributed by atoms with Crippen LogP contribution in [0.25, 0.3) is 0 Å². The highest BCUT2D eigenvalue weighted by atomic mass is 35.5. The molecular weight excluding hydrogens is 260 g/mol. The predicted octanol–water partition coefficient (Wildman–Crippen LogP) is 3.47. The smallest absolute Gasteiger partial charge is 0.0642 e. The van der Waals surface area contributed by atoms with Gasteiger partial charge in [0, 0.05) is 26.2 Å². The predicted molar refractivity (Wildman–Crippen MR) is 83.0 cm³/mol. The second-order valence-electron chi connectivity index (χ2n) is 5.33. The van der Waals surface area contributed by atoms with Crippen molar-refractivity contribution in [3.63, 3.8) is 0 Å². The van der Waals surface area contributed by atoms with Crippen molar-refractivity contribution >= 4 is 17.3 Å². The Bertz CT molecular complexity index is 394. The van der Waals surface area contributed by atoms with Gasteiger partial charge in [0.1, 0.15) is 0 Å². The minimum atomic E-state index is 0.00377. The summed E-state index contributed by atoms with van der Waals surface area (Å²) in [6.45, 7) is 8.85. The third-order valence-electron chi connectivity index (χ3n) is 2.99. The first-order valence-electron chi connectivity index (χ1n) is 6.74. The third kappa shape index (κ3) is 5.01. The van der Waals surface area contributed by atoms with Crippen molar-refractivity contribution in [1.82, 2.24) is 0 Å². The van der Waals surface area contributed by atoms with E-state index < -0.39 is 0 Å². The zero-order valence-electron chi connectivity index (χ0n) is 12.3. The summed E-state index contributed by atoms with van der Waals surface area (Å²) in [4.78, 5) is 2.27. The minimum Gasteiger partial charge on any atom is -0.383 e. The van der Waals surface area contributed by atoms with Crippen LogP contribution in [0.5, 0.6) is 0 Å². The molecule has 0 heterocycles. The second-order valence-corrected chi connectivity index (χ2v) is 5.74. The average Bonchev–Trinajstić information content (AvgIpc) is 2.34. The Labute approximate surface area is 121 Å². The van der Waals surface area contributed by atoms with Gasteiger partial charge in [0.2, 0.25) is 0 Å². The molecule has 1 aromatic rings. The first-order chi connectivity index (χ1) is 8.95. The van der Waals surface area contributed by atoms with Crippen LogP contribution >= 0.6 is 11.6 Å². The Morgan fingerprint density at radius 1 is 1.32 bits per heavy atom. The molecule has 0 aliphatic carbocycles. The lowest BCUT2D eigenvalue weighted by Gasteiger charge is -2.27. The molecule has 0 saturated carbocycles. The lowest BCUT2D eigenvalue weighted by atomic mass is 10.1. The first kappa shape index (κ1) is 16.3. The van der Waals surface area contributed by atoms with E-state index in [0.29, 0.717) is 12.5 Å². The fourth-order valence-electron chi connectivity index (χ4n) is 2.02. The average molecular weight is 285 g/mol. The van der Waals surface area contributed by atoms with Crippen LogP contribution in [0.2, 0.25) is 5.02 Å². The van der Waals surface area contributed by atoms with Gasteiger partial charge in [-0.2, -0.15) is 0 Å². The number of hydrogen-bond acceptors (Lipinski definition) is 3. The summed E-state index contributed by atoms with van der Waals surface area (Å²) < 4.78 is 5.17. The number of nitrogens with zero attached hydrogens (tertiary/aromatic N) is 1. The van der Waals surface area contributed by atoms with Gasteiger partial charge in [-0.1, -0.05) is 31.5 Å². The van der Waals surface area contributed by atoms with Crippen LogP contribution in [-0.2, 0) is 4.74 Å². The largest absolute Gasteiger partial charge is 0.383 e. The van der Waals surface area contributed by atoms with E-state index >= 15 is 0 Å². The molecule has 0 bridgehead atoms. The van der Waals surface area contributed by atoms with Gasteiger partial charge in [-0.15, -0.1) is 0 Å². The van der Waals surface area contributed by atoms with Crippen molar-refractivity contribution in [2.45, 2.75) is 26.8 Å². The van der Waals surface area contributed by atoms with Crippen molar-refractivity contribution in [2.75, 3.05) is 31.7 Å². The van der Waals surface area contributed by atoms with Gasteiger partial charge in [0.25, 0.3) is 0 Å². The maximum Gasteiger partial charge on any atom is 0.0642 e. The molecule has 0 spiro atoms. The van der Waals surface area contributed by atoms with Crippen molar-refractivity contribution in [2.24, 2.45) is 11.7 Å². The number of ether oxygens (including phenoxy) is 1. The number of anilines is 1. The Kier molecular flexibility index (Phi) is 6.63. The fourth-order valence-corrected chi connectivity index (χ4v) is 2.32. The first-order valence-corrected chi connectivity index (χ1v) is 7.12. The van der Waals surface area contributed by atoms with Gasteiger partial charge in [0.05, 0.1) is 17.3 Å². The van der Waals surface area contributed by atoms with Gasteiger partial charge in [0.15, 0.2) is 0 Å². The summed E-state index contributed by atoms with van der Waals surface area (Å²) in [5, 5.41) is 0.756. The van der Waals surface area contributed by atoms with Crippen LogP contribution in [0.15, 0.2) is 18.2 Å². The lowest BCUT2D eigenvalue weighted by Crippen LogP contribution is -2.31. The molecule has 0 fully saturated rings. The molecule has 0 aliphatic rings. The van der Waals surface area contributed by atoms with E-state index in [4.69, 9.17) is 22.1 Å². The minimum absolute atomic E-state index is 0.00377. The zero-order chi connectivity index (χ0) is 14.4. The molecule has 0 unspecified atom stereocenters. The number of methoxy groups -OCH3 is 1. The van der Waals surface area contributed by atoms with E-state index in [9.17, 15) is 0 Å². The fraction of sp³-hybridized carbons (Fsp3) is 0.600. The second kappa shape index (κ2) is 7.73. The van der Waals surface area contributed by atoms with E-state index in [1.54, 1.807) is 7.11 Å². The summed E-state index contributed by atoms with van der Waals surface area (Å²) in [5.41, 5.74) is 7.99. The molecule has 0 saturated heterocycles. The molecule has 2 N–H and O–H groups in total. The van der Waals surface area contributed by atoms with Crippen LogP contribution in [0.3, 0.4) is 0 Å². The number of hydrogen-bond donors (Lipinski definition) is 1. The molecule has 3 nitrogen and oxygen atoms in total. The van der Waals surface area contributed by atoms with Crippen molar-refractivity contribution in [3.8, 4) is 0 Å². The Morgan fingerprint density at radius 2 is 2.00 bits per heavy atom. The summed E-state index contributed by atoms with van der Waals surface area (Å²) >= 11 is 6.39. The van der Waals surface area contributed by atoms with Crippen LogP contribution in [-0.4, -0.2) is 26.8 Å². The molecule has 0 amide bonds. The van der Waals surface area contributed by atoms with Gasteiger partial charge < -0.3 is 15.4 Å². The SMILES string of the molecule is COCCN(CC(C)C)c1ccc([C@@H](C)N)cc1Cl. The highest BCUT2D eigenvalue weighted by molar-refractivity contribution is 6.33. The summed E-state index contributed by atoms with van der Waals surface area (Å²) in [5.74, 6) is 0.570. The molecule has 19 heavy (non-hydrogen) atoms. The molecule has 0 aromatic heterocycles. The van der Waals surface area contributed by atoms with E-state index in [0.717, 1.165) is 29.4 Å². The van der Waals surface area contributed by atoms with Crippen molar-refractivity contribution < 1.29 is 4.74 Å². The van der Waals surface area contributed by atoms with E-state index in [1.165, 1.54) is 0 Å². The summed E-state index contributed by atoms with van der Waals surface area (Å²) in [6.07, 6.45) is 0. The maximum absolute atomic E-state index is 6.39. The zero-order valence-corrected chi connectivity index (χ0v) is 13.1. The summed E-state index contributed by atoms with van der Waals surface area (Å²) in [7, 11) is 1.72. The summed E-state index contributed by atoms with van der Waals surface area (Å²) in [6, 6.07) is 6.07. The number of nitrogens with two attached hydrogens (primary N) is 1. The molecule has 1 atom stereocenters. The van der Waals surface area contributed by atoms with Crippen LogP contribution in [0, 0.1) is 5.92 Å². The molecule has 1 aromatic carbocycles.